The van der Waals surface area contributed by atoms with Crippen LogP contribution in [-0.2, 0) is 0 Å². The number of hydrogen-bond acceptors (Lipinski definition) is 5. The molecule has 1 aliphatic rings. The number of aryl methyl sites for hydroxylation is 1. The van der Waals surface area contributed by atoms with Crippen LogP contribution >= 0.6 is 0 Å². The second kappa shape index (κ2) is 9.02. The maximum Gasteiger partial charge on any atom is 0.319 e. The lowest BCUT2D eigenvalue weighted by molar-refractivity contribution is 0.243. The van der Waals surface area contributed by atoms with Crippen molar-refractivity contribution in [3.8, 4) is 0 Å². The van der Waals surface area contributed by atoms with Gasteiger partial charge in [-0.2, -0.15) is 0 Å². The van der Waals surface area contributed by atoms with Crippen molar-refractivity contribution in [1.82, 2.24) is 15.3 Å². The van der Waals surface area contributed by atoms with Crippen LogP contribution in [-0.4, -0.2) is 42.2 Å². The number of rotatable bonds is 5. The molecule has 1 aromatic heterocycles. The summed E-state index contributed by atoms with van der Waals surface area (Å²) in [5, 5.41) is 8.80. The third kappa shape index (κ3) is 6.00. The van der Waals surface area contributed by atoms with Gasteiger partial charge in [-0.1, -0.05) is 0 Å². The molecule has 0 spiro atoms. The van der Waals surface area contributed by atoms with E-state index in [1.807, 2.05) is 32.0 Å². The van der Waals surface area contributed by atoms with Gasteiger partial charge in [-0.3, -0.25) is 0 Å². The van der Waals surface area contributed by atoms with Crippen LogP contribution in [0.15, 0.2) is 24.3 Å². The number of urea groups is 1. The first kappa shape index (κ1) is 20.8. The topological polar surface area (TPSA) is 82.2 Å². The summed E-state index contributed by atoms with van der Waals surface area (Å²) in [6, 6.07) is 4.65. The van der Waals surface area contributed by atoms with Crippen LogP contribution < -0.4 is 20.9 Å². The third-order valence-electron chi connectivity index (χ3n) is 4.82. The van der Waals surface area contributed by atoms with E-state index in [1.165, 1.54) is 0 Å². The standard InChI is InChI=1S/C20H26F2N6O/c1-12-23-18(11-19(24-12)28(2)3)25-15-4-6-16(7-5-15)26-20(29)27-17-9-13(21)8-14(22)10-17/h8-11,15-16H,4-7H2,1-3H3,(H,23,24,25)(H2,26,27,29)/t15-,16+. The summed E-state index contributed by atoms with van der Waals surface area (Å²) in [4.78, 5) is 22.9. The van der Waals surface area contributed by atoms with Crippen LogP contribution in [0.3, 0.4) is 0 Å². The molecule has 3 N–H and O–H groups in total. The molecule has 0 aliphatic heterocycles. The van der Waals surface area contributed by atoms with Gasteiger partial charge in [0.25, 0.3) is 0 Å². The molecule has 0 atom stereocenters. The highest BCUT2D eigenvalue weighted by Crippen LogP contribution is 2.23. The summed E-state index contributed by atoms with van der Waals surface area (Å²) in [5.41, 5.74) is 0.0891. The maximum absolute atomic E-state index is 13.2. The summed E-state index contributed by atoms with van der Waals surface area (Å²) in [7, 11) is 3.87. The smallest absolute Gasteiger partial charge is 0.319 e. The highest BCUT2D eigenvalue weighted by Gasteiger charge is 2.23. The average Bonchev–Trinajstić information content (AvgIpc) is 2.62. The van der Waals surface area contributed by atoms with E-state index in [9.17, 15) is 13.6 Å². The zero-order valence-electron chi connectivity index (χ0n) is 16.8. The number of hydrogen-bond donors (Lipinski definition) is 3. The minimum Gasteiger partial charge on any atom is -0.367 e. The van der Waals surface area contributed by atoms with Crippen LogP contribution in [0.1, 0.15) is 31.5 Å². The molecule has 9 heteroatoms. The van der Waals surface area contributed by atoms with Crippen LogP contribution in [0.4, 0.5) is 30.9 Å². The summed E-state index contributed by atoms with van der Waals surface area (Å²) in [6.45, 7) is 1.86. The van der Waals surface area contributed by atoms with Crippen molar-refractivity contribution in [3.05, 3.63) is 41.7 Å². The molecule has 29 heavy (non-hydrogen) atoms. The first-order valence-electron chi connectivity index (χ1n) is 9.61. The van der Waals surface area contributed by atoms with Crippen LogP contribution in [0.25, 0.3) is 0 Å². The number of carbonyl (C=O) groups is 1. The third-order valence-corrected chi connectivity index (χ3v) is 4.82. The second-order valence-corrected chi connectivity index (χ2v) is 7.50. The number of nitrogens with zero attached hydrogens (tertiary/aromatic N) is 3. The van der Waals surface area contributed by atoms with Crippen molar-refractivity contribution >= 4 is 23.4 Å². The Bertz CT molecular complexity index is 848. The number of nitrogens with one attached hydrogen (secondary N) is 3. The molecule has 1 heterocycles. The van der Waals surface area contributed by atoms with Crippen molar-refractivity contribution in [2.24, 2.45) is 0 Å². The Morgan fingerprint density at radius 2 is 1.62 bits per heavy atom. The van der Waals surface area contributed by atoms with E-state index in [0.717, 1.165) is 55.5 Å². The molecule has 0 saturated heterocycles. The van der Waals surface area contributed by atoms with Gasteiger partial charge < -0.3 is 20.9 Å². The van der Waals surface area contributed by atoms with Gasteiger partial charge in [0.05, 0.1) is 0 Å². The number of benzene rings is 1. The maximum atomic E-state index is 13.2. The SMILES string of the molecule is Cc1nc(N[C@H]2CC[C@@H](NC(=O)Nc3cc(F)cc(F)c3)CC2)cc(N(C)C)n1. The van der Waals surface area contributed by atoms with Crippen molar-refractivity contribution in [3.63, 3.8) is 0 Å². The van der Waals surface area contributed by atoms with E-state index in [-0.39, 0.29) is 17.8 Å². The molecular formula is C20H26F2N6O. The lowest BCUT2D eigenvalue weighted by Gasteiger charge is -2.30. The van der Waals surface area contributed by atoms with Gasteiger partial charge in [0.1, 0.15) is 29.1 Å². The monoisotopic (exact) mass is 404 g/mol. The van der Waals surface area contributed by atoms with Crippen LogP contribution in [0.2, 0.25) is 0 Å². The highest BCUT2D eigenvalue weighted by atomic mass is 19.1. The molecule has 1 saturated carbocycles. The average molecular weight is 404 g/mol. The Balaban J connectivity index is 1.48. The van der Waals surface area contributed by atoms with Crippen molar-refractivity contribution in [1.29, 1.82) is 0 Å². The predicted octanol–water partition coefficient (Wildman–Crippen LogP) is 3.67. The van der Waals surface area contributed by atoms with Gasteiger partial charge in [0, 0.05) is 44.0 Å². The fraction of sp³-hybridized carbons (Fsp3) is 0.450. The molecule has 1 fully saturated rings. The number of halogens is 2. The quantitative estimate of drug-likeness (QED) is 0.708. The summed E-state index contributed by atoms with van der Waals surface area (Å²) in [5.74, 6) is 0.886. The molecule has 3 rings (SSSR count). The van der Waals surface area contributed by atoms with Crippen LogP contribution in [0.5, 0.6) is 0 Å². The lowest BCUT2D eigenvalue weighted by Crippen LogP contribution is -2.42. The van der Waals surface area contributed by atoms with E-state index in [4.69, 9.17) is 0 Å². The van der Waals surface area contributed by atoms with Gasteiger partial charge in [0.15, 0.2) is 0 Å². The number of anilines is 3. The van der Waals surface area contributed by atoms with Crippen molar-refractivity contribution in [2.75, 3.05) is 29.6 Å². The molecule has 2 aromatic rings. The molecule has 0 bridgehead atoms. The zero-order chi connectivity index (χ0) is 21.0. The molecule has 7 nitrogen and oxygen atoms in total. The Labute approximate surface area is 168 Å². The van der Waals surface area contributed by atoms with E-state index in [2.05, 4.69) is 25.9 Å². The van der Waals surface area contributed by atoms with Gasteiger partial charge in [-0.05, 0) is 44.7 Å². The first-order chi connectivity index (χ1) is 13.8. The molecule has 1 aliphatic carbocycles. The highest BCUT2D eigenvalue weighted by molar-refractivity contribution is 5.89. The van der Waals surface area contributed by atoms with E-state index in [1.54, 1.807) is 0 Å². The van der Waals surface area contributed by atoms with Gasteiger partial charge >= 0.3 is 6.03 Å². The Morgan fingerprint density at radius 3 is 2.24 bits per heavy atom. The predicted molar refractivity (Wildman–Crippen MR) is 109 cm³/mol. The van der Waals surface area contributed by atoms with E-state index < -0.39 is 17.7 Å². The molecule has 2 amide bonds. The Morgan fingerprint density at radius 1 is 1.00 bits per heavy atom. The van der Waals surface area contributed by atoms with Gasteiger partial charge in [-0.15, -0.1) is 0 Å². The molecule has 156 valence electrons. The Hall–Kier alpha value is -2.97. The molecule has 1 aromatic carbocycles. The molecular weight excluding hydrogens is 378 g/mol. The van der Waals surface area contributed by atoms with Gasteiger partial charge in [0.2, 0.25) is 0 Å². The number of aromatic nitrogens is 2. The lowest BCUT2D eigenvalue weighted by atomic mass is 9.91. The fourth-order valence-corrected chi connectivity index (χ4v) is 3.42. The molecule has 0 radical (unpaired) electrons. The zero-order valence-corrected chi connectivity index (χ0v) is 16.8. The first-order valence-corrected chi connectivity index (χ1v) is 9.61. The van der Waals surface area contributed by atoms with Crippen molar-refractivity contribution < 1.29 is 13.6 Å². The second-order valence-electron chi connectivity index (χ2n) is 7.50. The van der Waals surface area contributed by atoms with Gasteiger partial charge in [-0.25, -0.2) is 23.5 Å². The largest absolute Gasteiger partial charge is 0.367 e. The molecule has 0 unspecified atom stereocenters. The normalized spacial score (nSPS) is 18.8. The van der Waals surface area contributed by atoms with E-state index >= 15 is 0 Å². The number of amides is 2. The Kier molecular flexibility index (Phi) is 6.46. The van der Waals surface area contributed by atoms with Crippen molar-refractivity contribution in [2.45, 2.75) is 44.7 Å². The van der Waals surface area contributed by atoms with Crippen LogP contribution in [0, 0.1) is 18.6 Å². The summed E-state index contributed by atoms with van der Waals surface area (Å²) < 4.78 is 26.4. The van der Waals surface area contributed by atoms with E-state index in [0.29, 0.717) is 5.82 Å². The minimum atomic E-state index is -0.732. The summed E-state index contributed by atoms with van der Waals surface area (Å²) >= 11 is 0. The minimum absolute atomic E-state index is 0.0101. The summed E-state index contributed by atoms with van der Waals surface area (Å²) in [6.07, 6.45) is 3.35. The number of carbonyl (C=O) groups excluding carboxylic acids is 1. The fourth-order valence-electron chi connectivity index (χ4n) is 3.42.